The Bertz CT molecular complexity index is 309. The van der Waals surface area contributed by atoms with Crippen LogP contribution in [0.15, 0.2) is 15.9 Å². The van der Waals surface area contributed by atoms with Crippen LogP contribution in [0.1, 0.15) is 24.6 Å². The first-order chi connectivity index (χ1) is 6.63. The number of hydrogen-bond acceptors (Lipinski definition) is 2. The Labute approximate surface area is 97.6 Å². The average Bonchev–Trinajstić information content (AvgIpc) is 2.51. The molecule has 1 N–H and O–H groups in total. The van der Waals surface area contributed by atoms with Crippen LogP contribution in [-0.4, -0.2) is 17.8 Å². The predicted molar refractivity (Wildman–Crippen MR) is 66.1 cm³/mol. The van der Waals surface area contributed by atoms with Gasteiger partial charge in [-0.1, -0.05) is 6.92 Å². The summed E-state index contributed by atoms with van der Waals surface area (Å²) in [6, 6.07) is 2.11. The fraction of sp³-hybridized carbons (Fsp3) is 0.500. The zero-order chi connectivity index (χ0) is 10.6. The highest BCUT2D eigenvalue weighted by molar-refractivity contribution is 9.10. The lowest BCUT2D eigenvalue weighted by Crippen LogP contribution is -2.24. The standard InChI is InChI=1S/C10H15BrN2S/c1-3-4-10(12)13(2)6-9-5-8(11)7-14-9/h5,7,12H,3-4,6H2,1-2H3. The fourth-order valence-corrected chi connectivity index (χ4v) is 2.70. The smallest absolute Gasteiger partial charge is 0.0958 e. The van der Waals surface area contributed by atoms with Crippen molar-refractivity contribution in [2.45, 2.75) is 26.3 Å². The molecule has 0 aliphatic heterocycles. The van der Waals surface area contributed by atoms with Crippen LogP contribution < -0.4 is 0 Å². The Hall–Kier alpha value is -0.350. The third-order valence-corrected chi connectivity index (χ3v) is 3.64. The van der Waals surface area contributed by atoms with Crippen molar-refractivity contribution in [3.8, 4) is 0 Å². The molecular formula is C10H15BrN2S. The first kappa shape index (κ1) is 11.7. The largest absolute Gasteiger partial charge is 0.358 e. The van der Waals surface area contributed by atoms with Crippen molar-refractivity contribution < 1.29 is 0 Å². The number of rotatable bonds is 4. The van der Waals surface area contributed by atoms with E-state index in [0.29, 0.717) is 0 Å². The van der Waals surface area contributed by atoms with Crippen molar-refractivity contribution in [3.05, 3.63) is 20.8 Å². The summed E-state index contributed by atoms with van der Waals surface area (Å²) < 4.78 is 1.13. The molecule has 2 nitrogen and oxygen atoms in total. The zero-order valence-electron chi connectivity index (χ0n) is 8.51. The van der Waals surface area contributed by atoms with E-state index in [0.717, 1.165) is 29.7 Å². The maximum absolute atomic E-state index is 7.77. The van der Waals surface area contributed by atoms with E-state index in [2.05, 4.69) is 34.3 Å². The number of nitrogens with zero attached hydrogens (tertiary/aromatic N) is 1. The van der Waals surface area contributed by atoms with Gasteiger partial charge in [-0.25, -0.2) is 0 Å². The molecule has 1 aromatic heterocycles. The lowest BCUT2D eigenvalue weighted by molar-refractivity contribution is 0.488. The Kier molecular flexibility index (Phi) is 4.62. The van der Waals surface area contributed by atoms with Gasteiger partial charge in [0.05, 0.1) is 12.4 Å². The number of amidine groups is 1. The van der Waals surface area contributed by atoms with Crippen LogP contribution in [0.2, 0.25) is 0 Å². The molecule has 0 unspecified atom stereocenters. The molecule has 0 saturated carbocycles. The Morgan fingerprint density at radius 2 is 2.36 bits per heavy atom. The van der Waals surface area contributed by atoms with Crippen LogP contribution >= 0.6 is 27.3 Å². The Balaban J connectivity index is 2.48. The van der Waals surface area contributed by atoms with Gasteiger partial charge in [0.25, 0.3) is 0 Å². The Morgan fingerprint density at radius 3 is 2.86 bits per heavy atom. The maximum Gasteiger partial charge on any atom is 0.0958 e. The van der Waals surface area contributed by atoms with Crippen LogP contribution in [0, 0.1) is 5.41 Å². The van der Waals surface area contributed by atoms with Gasteiger partial charge in [-0.2, -0.15) is 0 Å². The van der Waals surface area contributed by atoms with Gasteiger partial charge in [0.2, 0.25) is 0 Å². The summed E-state index contributed by atoms with van der Waals surface area (Å²) in [4.78, 5) is 3.29. The van der Waals surface area contributed by atoms with Crippen LogP contribution in [0.4, 0.5) is 0 Å². The number of thiophene rings is 1. The van der Waals surface area contributed by atoms with E-state index >= 15 is 0 Å². The molecule has 0 aromatic carbocycles. The molecule has 0 fully saturated rings. The second-order valence-corrected chi connectivity index (χ2v) is 5.20. The quantitative estimate of drug-likeness (QED) is 0.658. The van der Waals surface area contributed by atoms with Crippen molar-refractivity contribution in [2.75, 3.05) is 7.05 Å². The topological polar surface area (TPSA) is 27.1 Å². The van der Waals surface area contributed by atoms with Gasteiger partial charge in [0.15, 0.2) is 0 Å². The van der Waals surface area contributed by atoms with E-state index in [9.17, 15) is 0 Å². The maximum atomic E-state index is 7.77. The lowest BCUT2D eigenvalue weighted by Gasteiger charge is -2.18. The summed E-state index contributed by atoms with van der Waals surface area (Å²) in [5.41, 5.74) is 0. The van der Waals surface area contributed by atoms with Gasteiger partial charge in [-0.05, 0) is 28.4 Å². The fourth-order valence-electron chi connectivity index (χ4n) is 1.19. The Morgan fingerprint density at radius 1 is 1.64 bits per heavy atom. The summed E-state index contributed by atoms with van der Waals surface area (Å²) in [6.07, 6.45) is 1.90. The molecule has 1 rings (SSSR count). The van der Waals surface area contributed by atoms with Gasteiger partial charge >= 0.3 is 0 Å². The molecule has 0 bridgehead atoms. The minimum Gasteiger partial charge on any atom is -0.358 e. The predicted octanol–water partition coefficient (Wildman–Crippen LogP) is 3.72. The molecule has 1 aromatic rings. The summed E-state index contributed by atoms with van der Waals surface area (Å²) in [5, 5.41) is 9.85. The van der Waals surface area contributed by atoms with E-state index in [-0.39, 0.29) is 0 Å². The van der Waals surface area contributed by atoms with Crippen LogP contribution in [-0.2, 0) is 6.54 Å². The number of hydrogen-bond donors (Lipinski definition) is 1. The first-order valence-electron chi connectivity index (χ1n) is 4.65. The lowest BCUT2D eigenvalue weighted by atomic mass is 10.3. The van der Waals surface area contributed by atoms with Gasteiger partial charge in [-0.3, -0.25) is 5.41 Å². The summed E-state index contributed by atoms with van der Waals surface area (Å²) >= 11 is 5.16. The van der Waals surface area contributed by atoms with Crippen LogP contribution in [0.25, 0.3) is 0 Å². The molecule has 78 valence electrons. The van der Waals surface area contributed by atoms with E-state index in [4.69, 9.17) is 5.41 Å². The minimum absolute atomic E-state index is 0.719. The number of halogens is 1. The molecule has 4 heteroatoms. The first-order valence-corrected chi connectivity index (χ1v) is 6.32. The van der Waals surface area contributed by atoms with E-state index in [1.165, 1.54) is 4.88 Å². The van der Waals surface area contributed by atoms with Crippen LogP contribution in [0.3, 0.4) is 0 Å². The van der Waals surface area contributed by atoms with E-state index in [1.54, 1.807) is 11.3 Å². The summed E-state index contributed by atoms with van der Waals surface area (Å²) in [6.45, 7) is 2.94. The highest BCUT2D eigenvalue weighted by atomic mass is 79.9. The summed E-state index contributed by atoms with van der Waals surface area (Å²) in [7, 11) is 1.98. The third kappa shape index (κ3) is 3.42. The van der Waals surface area contributed by atoms with Crippen molar-refractivity contribution in [2.24, 2.45) is 0 Å². The SMILES string of the molecule is CCCC(=N)N(C)Cc1cc(Br)cs1. The highest BCUT2D eigenvalue weighted by Crippen LogP contribution is 2.20. The minimum atomic E-state index is 0.719. The second kappa shape index (κ2) is 5.51. The monoisotopic (exact) mass is 274 g/mol. The van der Waals surface area contributed by atoms with Crippen molar-refractivity contribution in [1.29, 1.82) is 5.41 Å². The number of nitrogens with one attached hydrogen (secondary N) is 1. The van der Waals surface area contributed by atoms with Gasteiger partial charge in [0, 0.05) is 28.2 Å². The highest BCUT2D eigenvalue weighted by Gasteiger charge is 2.05. The van der Waals surface area contributed by atoms with E-state index in [1.807, 2.05) is 11.9 Å². The van der Waals surface area contributed by atoms with Gasteiger partial charge in [-0.15, -0.1) is 11.3 Å². The molecule has 0 aliphatic rings. The molecule has 0 atom stereocenters. The second-order valence-electron chi connectivity index (χ2n) is 3.28. The van der Waals surface area contributed by atoms with E-state index < -0.39 is 0 Å². The van der Waals surface area contributed by atoms with Crippen molar-refractivity contribution in [1.82, 2.24) is 4.90 Å². The van der Waals surface area contributed by atoms with Gasteiger partial charge < -0.3 is 4.90 Å². The molecule has 0 spiro atoms. The normalized spacial score (nSPS) is 10.2. The zero-order valence-corrected chi connectivity index (χ0v) is 10.9. The molecule has 1 heterocycles. The van der Waals surface area contributed by atoms with Crippen LogP contribution in [0.5, 0.6) is 0 Å². The molecular weight excluding hydrogens is 260 g/mol. The third-order valence-electron chi connectivity index (χ3n) is 1.96. The van der Waals surface area contributed by atoms with Crippen molar-refractivity contribution in [3.63, 3.8) is 0 Å². The van der Waals surface area contributed by atoms with Crippen molar-refractivity contribution >= 4 is 33.1 Å². The molecule has 0 amide bonds. The average molecular weight is 275 g/mol. The molecule has 0 saturated heterocycles. The summed E-state index contributed by atoms with van der Waals surface area (Å²) in [5.74, 6) is 0.719. The molecule has 0 aliphatic carbocycles. The molecule has 0 radical (unpaired) electrons. The van der Waals surface area contributed by atoms with Gasteiger partial charge in [0.1, 0.15) is 0 Å². The molecule has 14 heavy (non-hydrogen) atoms.